The molecule has 0 spiro atoms. The SMILES string of the molecule is Cc1ccc(C(=O)CN2CCN(C(=O)CCc3ccc(C(=O)N4Cc5cnn(C)c5Nc5ccccc54)cc3C)CC2)cc1. The highest BCUT2D eigenvalue weighted by Crippen LogP contribution is 2.36. The van der Waals surface area contributed by atoms with Gasteiger partial charge in [-0.1, -0.05) is 48.0 Å². The van der Waals surface area contributed by atoms with Gasteiger partial charge in [0.1, 0.15) is 5.82 Å². The Morgan fingerprint density at radius 2 is 1.61 bits per heavy atom. The Labute approximate surface area is 258 Å². The van der Waals surface area contributed by atoms with E-state index in [0.717, 1.165) is 45.0 Å². The number of hydrogen-bond donors (Lipinski definition) is 1. The minimum absolute atomic E-state index is 0.0830. The van der Waals surface area contributed by atoms with Gasteiger partial charge >= 0.3 is 0 Å². The number of anilines is 3. The van der Waals surface area contributed by atoms with Crippen LogP contribution >= 0.6 is 0 Å². The molecular formula is C35H38N6O3. The Morgan fingerprint density at radius 3 is 2.36 bits per heavy atom. The molecule has 0 saturated carbocycles. The van der Waals surface area contributed by atoms with E-state index in [1.165, 1.54) is 0 Å². The number of carbonyl (C=O) groups excluding carboxylic acids is 3. The van der Waals surface area contributed by atoms with Crippen molar-refractivity contribution in [2.45, 2.75) is 33.2 Å². The number of benzene rings is 3. The van der Waals surface area contributed by atoms with E-state index in [0.29, 0.717) is 57.7 Å². The molecule has 0 atom stereocenters. The summed E-state index contributed by atoms with van der Waals surface area (Å²) in [6.07, 6.45) is 2.82. The Morgan fingerprint density at radius 1 is 0.886 bits per heavy atom. The van der Waals surface area contributed by atoms with Gasteiger partial charge < -0.3 is 15.1 Å². The third-order valence-electron chi connectivity index (χ3n) is 8.70. The number of amides is 2. The molecule has 2 aliphatic heterocycles. The topological polar surface area (TPSA) is 90.8 Å². The third-order valence-corrected chi connectivity index (χ3v) is 8.70. The fourth-order valence-corrected chi connectivity index (χ4v) is 5.99. The van der Waals surface area contributed by atoms with Crippen molar-refractivity contribution in [3.63, 3.8) is 0 Å². The van der Waals surface area contributed by atoms with Crippen LogP contribution in [0.25, 0.3) is 0 Å². The highest BCUT2D eigenvalue weighted by atomic mass is 16.2. The second kappa shape index (κ2) is 12.5. The Kier molecular flexibility index (Phi) is 8.30. The first kappa shape index (κ1) is 29.3. The molecule has 0 radical (unpaired) electrons. The molecular weight excluding hydrogens is 552 g/mol. The van der Waals surface area contributed by atoms with Crippen molar-refractivity contribution in [3.05, 3.63) is 106 Å². The molecule has 44 heavy (non-hydrogen) atoms. The van der Waals surface area contributed by atoms with Crippen molar-refractivity contribution in [2.75, 3.05) is 42.9 Å². The van der Waals surface area contributed by atoms with Gasteiger partial charge in [-0.3, -0.25) is 24.0 Å². The minimum Gasteiger partial charge on any atom is -0.340 e. The zero-order valence-corrected chi connectivity index (χ0v) is 25.5. The van der Waals surface area contributed by atoms with Crippen LogP contribution in [-0.2, 0) is 24.8 Å². The van der Waals surface area contributed by atoms with Crippen LogP contribution in [0.5, 0.6) is 0 Å². The molecule has 1 fully saturated rings. The zero-order valence-electron chi connectivity index (χ0n) is 25.5. The summed E-state index contributed by atoms with van der Waals surface area (Å²) >= 11 is 0. The first-order valence-corrected chi connectivity index (χ1v) is 15.1. The maximum atomic E-state index is 13.8. The van der Waals surface area contributed by atoms with E-state index in [4.69, 9.17) is 0 Å². The minimum atomic E-state index is -0.0830. The normalized spacial score (nSPS) is 14.8. The number of carbonyl (C=O) groups is 3. The third kappa shape index (κ3) is 6.14. The van der Waals surface area contributed by atoms with E-state index >= 15 is 0 Å². The predicted octanol–water partition coefficient (Wildman–Crippen LogP) is 4.90. The summed E-state index contributed by atoms with van der Waals surface area (Å²) in [5.41, 5.74) is 7.15. The summed E-state index contributed by atoms with van der Waals surface area (Å²) in [5.74, 6) is 1.03. The molecule has 226 valence electrons. The van der Waals surface area contributed by atoms with E-state index < -0.39 is 0 Å². The summed E-state index contributed by atoms with van der Waals surface area (Å²) in [5, 5.41) is 7.81. The molecule has 2 aliphatic rings. The van der Waals surface area contributed by atoms with Crippen LogP contribution in [0, 0.1) is 13.8 Å². The van der Waals surface area contributed by atoms with Crippen LogP contribution in [0.4, 0.5) is 17.2 Å². The maximum absolute atomic E-state index is 13.8. The van der Waals surface area contributed by atoms with Crippen LogP contribution < -0.4 is 10.2 Å². The number of piperazine rings is 1. The quantitative estimate of drug-likeness (QED) is 0.308. The number of aromatic nitrogens is 2. The van der Waals surface area contributed by atoms with Crippen molar-refractivity contribution >= 4 is 34.8 Å². The lowest BCUT2D eigenvalue weighted by Gasteiger charge is -2.34. The lowest BCUT2D eigenvalue weighted by atomic mass is 10.00. The average molecular weight is 591 g/mol. The zero-order chi connectivity index (χ0) is 30.8. The van der Waals surface area contributed by atoms with Gasteiger partial charge in [0.2, 0.25) is 5.91 Å². The Bertz CT molecular complexity index is 1700. The molecule has 6 rings (SSSR count). The second-order valence-electron chi connectivity index (χ2n) is 11.8. The molecule has 0 aliphatic carbocycles. The lowest BCUT2D eigenvalue weighted by Crippen LogP contribution is -2.50. The first-order valence-electron chi connectivity index (χ1n) is 15.1. The van der Waals surface area contributed by atoms with E-state index in [1.54, 1.807) is 15.8 Å². The van der Waals surface area contributed by atoms with Crippen LogP contribution in [0.2, 0.25) is 0 Å². The van der Waals surface area contributed by atoms with Gasteiger partial charge in [-0.25, -0.2) is 0 Å². The summed E-state index contributed by atoms with van der Waals surface area (Å²) in [6.45, 7) is 7.41. The molecule has 9 heteroatoms. The van der Waals surface area contributed by atoms with E-state index in [1.807, 2.05) is 92.5 Å². The van der Waals surface area contributed by atoms with E-state index in [2.05, 4.69) is 15.3 Å². The number of aryl methyl sites for hydroxylation is 4. The second-order valence-corrected chi connectivity index (χ2v) is 11.8. The molecule has 4 aromatic rings. The maximum Gasteiger partial charge on any atom is 0.258 e. The summed E-state index contributed by atoms with van der Waals surface area (Å²) in [4.78, 5) is 45.4. The van der Waals surface area contributed by atoms with Crippen LogP contribution in [0.15, 0.2) is 72.9 Å². The number of ketones is 1. The molecule has 0 bridgehead atoms. The number of rotatable bonds is 7. The average Bonchev–Trinajstić information content (AvgIpc) is 3.27. The lowest BCUT2D eigenvalue weighted by molar-refractivity contribution is -0.132. The van der Waals surface area contributed by atoms with Gasteiger partial charge in [0.25, 0.3) is 5.91 Å². The highest BCUT2D eigenvalue weighted by molar-refractivity contribution is 6.08. The van der Waals surface area contributed by atoms with Crippen molar-refractivity contribution < 1.29 is 14.4 Å². The highest BCUT2D eigenvalue weighted by Gasteiger charge is 2.27. The predicted molar refractivity (Wildman–Crippen MR) is 171 cm³/mol. The van der Waals surface area contributed by atoms with Crippen molar-refractivity contribution in [1.82, 2.24) is 19.6 Å². The van der Waals surface area contributed by atoms with Crippen LogP contribution in [0.3, 0.4) is 0 Å². The number of fused-ring (bicyclic) bond motifs is 2. The number of para-hydroxylation sites is 2. The number of nitrogens with one attached hydrogen (secondary N) is 1. The Balaban J connectivity index is 1.05. The van der Waals surface area contributed by atoms with Gasteiger partial charge in [-0.2, -0.15) is 5.10 Å². The number of Topliss-reactive ketones (excluding diaryl/α,β-unsaturated/α-hetero) is 1. The van der Waals surface area contributed by atoms with Crippen molar-refractivity contribution in [2.24, 2.45) is 7.05 Å². The molecule has 3 aromatic carbocycles. The fourth-order valence-electron chi connectivity index (χ4n) is 5.99. The van der Waals surface area contributed by atoms with E-state index in [-0.39, 0.29) is 17.6 Å². The monoisotopic (exact) mass is 590 g/mol. The number of nitrogens with zero attached hydrogens (tertiary/aromatic N) is 5. The number of hydrogen-bond acceptors (Lipinski definition) is 6. The summed E-state index contributed by atoms with van der Waals surface area (Å²) in [7, 11) is 1.88. The largest absolute Gasteiger partial charge is 0.340 e. The van der Waals surface area contributed by atoms with Crippen molar-refractivity contribution in [3.8, 4) is 0 Å². The van der Waals surface area contributed by atoms with Gasteiger partial charge in [-0.15, -0.1) is 0 Å². The Hall–Kier alpha value is -4.76. The molecule has 1 saturated heterocycles. The van der Waals surface area contributed by atoms with E-state index in [9.17, 15) is 14.4 Å². The molecule has 2 amide bonds. The van der Waals surface area contributed by atoms with Gasteiger partial charge in [0.15, 0.2) is 5.78 Å². The summed E-state index contributed by atoms with van der Waals surface area (Å²) < 4.78 is 1.79. The molecule has 9 nitrogen and oxygen atoms in total. The van der Waals surface area contributed by atoms with Crippen LogP contribution in [0.1, 0.15) is 49.4 Å². The smallest absolute Gasteiger partial charge is 0.258 e. The van der Waals surface area contributed by atoms with Gasteiger partial charge in [0, 0.05) is 56.3 Å². The standard InChI is InChI=1S/C35H38N6O3/c1-24-8-10-27(11-9-24)32(42)23-39-16-18-40(19-17-39)33(43)15-14-26-12-13-28(20-25(26)2)35(44)41-22-29-21-36-38(3)34(29)37-30-6-4-5-7-31(30)41/h4-13,20-21,37H,14-19,22-23H2,1-3H3. The molecule has 3 heterocycles. The van der Waals surface area contributed by atoms with Crippen molar-refractivity contribution in [1.29, 1.82) is 0 Å². The molecule has 0 unspecified atom stereocenters. The molecule has 1 N–H and O–H groups in total. The fraction of sp³-hybridized carbons (Fsp3) is 0.314. The van der Waals surface area contributed by atoms with Gasteiger partial charge in [0.05, 0.1) is 30.7 Å². The van der Waals surface area contributed by atoms with Gasteiger partial charge in [-0.05, 0) is 55.7 Å². The molecule has 1 aromatic heterocycles. The summed E-state index contributed by atoms with van der Waals surface area (Å²) in [6, 6.07) is 21.2. The van der Waals surface area contributed by atoms with Crippen LogP contribution in [-0.4, -0.2) is 69.9 Å². The first-order chi connectivity index (χ1) is 21.3.